The lowest BCUT2D eigenvalue weighted by Crippen LogP contribution is -2.66. The molecule has 0 aromatic carbocycles. The van der Waals surface area contributed by atoms with Gasteiger partial charge in [0.2, 0.25) is 0 Å². The van der Waals surface area contributed by atoms with Crippen molar-refractivity contribution in [2.75, 3.05) is 0 Å². The van der Waals surface area contributed by atoms with Crippen LogP contribution in [-0.4, -0.2) is 33.1 Å². The standard InChI is InChI=1S/C30H52O3/c1-19(2)10-9-14-30(8,33)20-11-16-29(7)25(20)21(31)18-23-27(5)15-13-24(32)26(3,4)22(27)12-17-28(23,29)6/h10,20-25,31-33H,9,11-18H2,1-8H3/t20?,21?,22?,23?,24?,25?,27?,28?,29-,30+/m1/s1. The summed E-state index contributed by atoms with van der Waals surface area (Å²) >= 11 is 0. The van der Waals surface area contributed by atoms with Crippen molar-refractivity contribution in [3.63, 3.8) is 0 Å². The van der Waals surface area contributed by atoms with E-state index in [-0.39, 0.29) is 45.7 Å². The molecule has 3 heteroatoms. The van der Waals surface area contributed by atoms with Crippen molar-refractivity contribution in [1.82, 2.24) is 0 Å². The smallest absolute Gasteiger partial charge is 0.0654 e. The average Bonchev–Trinajstić information content (AvgIpc) is 3.08. The summed E-state index contributed by atoms with van der Waals surface area (Å²) in [6.45, 7) is 18.3. The van der Waals surface area contributed by atoms with Crippen LogP contribution in [0.1, 0.15) is 113 Å². The van der Waals surface area contributed by atoms with Gasteiger partial charge in [0.15, 0.2) is 0 Å². The Kier molecular flexibility index (Phi) is 6.28. The van der Waals surface area contributed by atoms with Crippen LogP contribution in [0.3, 0.4) is 0 Å². The topological polar surface area (TPSA) is 60.7 Å². The SMILES string of the molecule is CC(C)=CCC[C@](C)(O)C1CC[C@]2(C)C1C(O)CC1C3(C)CCC(O)C(C)(C)C3CCC12C. The quantitative estimate of drug-likeness (QED) is 0.420. The molecule has 0 spiro atoms. The highest BCUT2D eigenvalue weighted by atomic mass is 16.3. The molecule has 4 aliphatic rings. The summed E-state index contributed by atoms with van der Waals surface area (Å²) in [7, 11) is 0. The second kappa shape index (κ2) is 8.07. The van der Waals surface area contributed by atoms with E-state index >= 15 is 0 Å². The van der Waals surface area contributed by atoms with Gasteiger partial charge < -0.3 is 15.3 Å². The summed E-state index contributed by atoms with van der Waals surface area (Å²) in [6.07, 6.45) is 10.6. The normalized spacial score (nSPS) is 50.5. The van der Waals surface area contributed by atoms with E-state index in [1.165, 1.54) is 18.4 Å². The van der Waals surface area contributed by atoms with Crippen molar-refractivity contribution < 1.29 is 15.3 Å². The van der Waals surface area contributed by atoms with Crippen molar-refractivity contribution in [3.8, 4) is 0 Å². The van der Waals surface area contributed by atoms with Gasteiger partial charge in [0.1, 0.15) is 0 Å². The van der Waals surface area contributed by atoms with Gasteiger partial charge in [-0.3, -0.25) is 0 Å². The van der Waals surface area contributed by atoms with Crippen molar-refractivity contribution >= 4 is 0 Å². The third-order valence-electron chi connectivity index (χ3n) is 12.4. The highest BCUT2D eigenvalue weighted by Gasteiger charge is 2.71. The first-order valence-electron chi connectivity index (χ1n) is 13.8. The lowest BCUT2D eigenvalue weighted by molar-refractivity contribution is -0.246. The van der Waals surface area contributed by atoms with Gasteiger partial charge in [-0.1, -0.05) is 46.3 Å². The third kappa shape index (κ3) is 3.61. The van der Waals surface area contributed by atoms with Crippen LogP contribution in [0.2, 0.25) is 0 Å². The van der Waals surface area contributed by atoms with Crippen LogP contribution in [0, 0.1) is 45.3 Å². The Morgan fingerprint density at radius 1 is 0.909 bits per heavy atom. The van der Waals surface area contributed by atoms with Crippen LogP contribution in [-0.2, 0) is 0 Å². The first-order chi connectivity index (χ1) is 15.1. The van der Waals surface area contributed by atoms with E-state index in [0.29, 0.717) is 11.8 Å². The van der Waals surface area contributed by atoms with Crippen LogP contribution in [0.4, 0.5) is 0 Å². The molecule has 3 N–H and O–H groups in total. The van der Waals surface area contributed by atoms with Crippen LogP contribution in [0.15, 0.2) is 11.6 Å². The van der Waals surface area contributed by atoms with Crippen molar-refractivity contribution in [3.05, 3.63) is 11.6 Å². The maximum absolute atomic E-state index is 11.8. The number of aliphatic hydroxyl groups is 3. The van der Waals surface area contributed by atoms with E-state index in [2.05, 4.69) is 54.5 Å². The van der Waals surface area contributed by atoms with Gasteiger partial charge in [-0.25, -0.2) is 0 Å². The Morgan fingerprint density at radius 2 is 1.55 bits per heavy atom. The molecule has 0 saturated heterocycles. The fourth-order valence-electron chi connectivity index (χ4n) is 10.3. The predicted molar refractivity (Wildman–Crippen MR) is 136 cm³/mol. The van der Waals surface area contributed by atoms with Crippen LogP contribution < -0.4 is 0 Å². The first-order valence-corrected chi connectivity index (χ1v) is 13.8. The zero-order valence-electron chi connectivity index (χ0n) is 22.7. The Hall–Kier alpha value is -0.380. The summed E-state index contributed by atoms with van der Waals surface area (Å²) in [4.78, 5) is 0. The zero-order chi connectivity index (χ0) is 24.6. The zero-order valence-corrected chi connectivity index (χ0v) is 22.7. The number of rotatable bonds is 4. The highest BCUT2D eigenvalue weighted by Crippen LogP contribution is 2.75. The van der Waals surface area contributed by atoms with Gasteiger partial charge in [-0.2, -0.15) is 0 Å². The predicted octanol–water partition coefficient (Wildman–Crippen LogP) is 6.50. The lowest BCUT2D eigenvalue weighted by Gasteiger charge is -2.70. The Bertz CT molecular complexity index is 779. The van der Waals surface area contributed by atoms with E-state index in [1.54, 1.807) is 0 Å². The minimum Gasteiger partial charge on any atom is -0.393 e. The Morgan fingerprint density at radius 3 is 2.18 bits per heavy atom. The Labute approximate surface area is 203 Å². The molecule has 0 aliphatic heterocycles. The molecule has 8 unspecified atom stereocenters. The minimum atomic E-state index is -0.739. The molecule has 0 bridgehead atoms. The van der Waals surface area contributed by atoms with Gasteiger partial charge >= 0.3 is 0 Å². The number of aliphatic hydroxyl groups excluding tert-OH is 2. The summed E-state index contributed by atoms with van der Waals surface area (Å²) in [5, 5.41) is 34.3. The summed E-state index contributed by atoms with van der Waals surface area (Å²) in [5.74, 6) is 1.31. The molecule has 190 valence electrons. The second-order valence-corrected chi connectivity index (χ2v) is 14.5. The maximum Gasteiger partial charge on any atom is 0.0654 e. The molecule has 0 radical (unpaired) electrons. The van der Waals surface area contributed by atoms with Crippen molar-refractivity contribution in [1.29, 1.82) is 0 Å². The number of fused-ring (bicyclic) bond motifs is 5. The molecule has 4 saturated carbocycles. The molecule has 0 amide bonds. The molecule has 10 atom stereocenters. The van der Waals surface area contributed by atoms with E-state index in [1.807, 2.05) is 6.92 Å². The summed E-state index contributed by atoms with van der Waals surface area (Å²) in [5.41, 5.74) is 0.885. The fraction of sp³-hybridized carbons (Fsp3) is 0.933. The van der Waals surface area contributed by atoms with Crippen LogP contribution in [0.25, 0.3) is 0 Å². The summed E-state index contributed by atoms with van der Waals surface area (Å²) in [6, 6.07) is 0. The number of hydrogen-bond acceptors (Lipinski definition) is 3. The minimum absolute atomic E-state index is 0.0503. The van der Waals surface area contributed by atoms with Gasteiger partial charge in [-0.15, -0.1) is 0 Å². The third-order valence-corrected chi connectivity index (χ3v) is 12.4. The average molecular weight is 461 g/mol. The van der Waals surface area contributed by atoms with Gasteiger partial charge in [-0.05, 0) is 124 Å². The van der Waals surface area contributed by atoms with Crippen molar-refractivity contribution in [2.45, 2.75) is 131 Å². The molecule has 0 aromatic rings. The molecule has 0 aromatic heterocycles. The monoisotopic (exact) mass is 460 g/mol. The molecule has 4 fully saturated rings. The van der Waals surface area contributed by atoms with E-state index in [4.69, 9.17) is 0 Å². The highest BCUT2D eigenvalue weighted by molar-refractivity contribution is 5.20. The largest absolute Gasteiger partial charge is 0.393 e. The van der Waals surface area contributed by atoms with Crippen LogP contribution in [0.5, 0.6) is 0 Å². The lowest BCUT2D eigenvalue weighted by atomic mass is 9.35. The molecule has 4 rings (SSSR count). The Balaban J connectivity index is 1.66. The molecule has 3 nitrogen and oxygen atoms in total. The van der Waals surface area contributed by atoms with E-state index < -0.39 is 5.60 Å². The van der Waals surface area contributed by atoms with Gasteiger partial charge in [0.05, 0.1) is 17.8 Å². The molecule has 33 heavy (non-hydrogen) atoms. The maximum atomic E-state index is 11.8. The fourth-order valence-corrected chi connectivity index (χ4v) is 10.3. The first kappa shape index (κ1) is 25.7. The number of allylic oxidation sites excluding steroid dienone is 2. The van der Waals surface area contributed by atoms with Crippen molar-refractivity contribution in [2.24, 2.45) is 45.3 Å². The van der Waals surface area contributed by atoms with Crippen LogP contribution >= 0.6 is 0 Å². The van der Waals surface area contributed by atoms with Gasteiger partial charge in [0, 0.05) is 0 Å². The van der Waals surface area contributed by atoms with E-state index in [0.717, 1.165) is 44.9 Å². The molecule has 4 aliphatic carbocycles. The van der Waals surface area contributed by atoms with Gasteiger partial charge in [0.25, 0.3) is 0 Å². The molecular formula is C30H52O3. The second-order valence-electron chi connectivity index (χ2n) is 14.5. The number of hydrogen-bond donors (Lipinski definition) is 3. The summed E-state index contributed by atoms with van der Waals surface area (Å²) < 4.78 is 0. The van der Waals surface area contributed by atoms with E-state index in [9.17, 15) is 15.3 Å². The molecule has 0 heterocycles. The molecular weight excluding hydrogens is 408 g/mol.